The minimum atomic E-state index is 0.776. The van der Waals surface area contributed by atoms with E-state index in [4.69, 9.17) is 5.26 Å². The lowest BCUT2D eigenvalue weighted by Gasteiger charge is -2.26. The van der Waals surface area contributed by atoms with Crippen molar-refractivity contribution in [2.45, 2.75) is 19.8 Å². The Kier molecular flexibility index (Phi) is 3.95. The average Bonchev–Trinajstić information content (AvgIpc) is 2.40. The first-order chi connectivity index (χ1) is 8.33. The summed E-state index contributed by atoms with van der Waals surface area (Å²) in [5.74, 6) is 0. The second-order valence-corrected chi connectivity index (χ2v) is 4.44. The summed E-state index contributed by atoms with van der Waals surface area (Å²) in [6.45, 7) is 5.65. The van der Waals surface area contributed by atoms with Crippen LogP contribution in [0.5, 0.6) is 0 Å². The van der Waals surface area contributed by atoms with Gasteiger partial charge >= 0.3 is 0 Å². The third-order valence-corrected chi connectivity index (χ3v) is 3.39. The molecule has 0 aromatic heterocycles. The van der Waals surface area contributed by atoms with Gasteiger partial charge in [0, 0.05) is 13.1 Å². The quantitative estimate of drug-likeness (QED) is 0.775. The molecule has 0 unspecified atom stereocenters. The molecule has 0 amide bonds. The molecule has 88 valence electrons. The van der Waals surface area contributed by atoms with Crippen LogP contribution in [0.25, 0.3) is 6.08 Å². The Morgan fingerprint density at radius 1 is 1.29 bits per heavy atom. The van der Waals surface area contributed by atoms with Gasteiger partial charge in [-0.1, -0.05) is 36.8 Å². The molecule has 1 aliphatic rings. The molecule has 1 aromatic carbocycles. The van der Waals surface area contributed by atoms with Crippen molar-refractivity contribution < 1.29 is 0 Å². The Hall–Kier alpha value is -1.59. The molecule has 1 aliphatic heterocycles. The molecule has 0 atom stereocenters. The molecule has 2 rings (SSSR count). The Labute approximate surface area is 103 Å². The fourth-order valence-corrected chi connectivity index (χ4v) is 2.25. The van der Waals surface area contributed by atoms with Gasteiger partial charge in [0.2, 0.25) is 0 Å². The number of nitrogens with zero attached hydrogens (tertiary/aromatic N) is 2. The zero-order valence-corrected chi connectivity index (χ0v) is 10.3. The number of likely N-dealkylation sites (tertiary alicyclic amines) is 1. The summed E-state index contributed by atoms with van der Waals surface area (Å²) < 4.78 is 0. The third-order valence-electron chi connectivity index (χ3n) is 3.39. The van der Waals surface area contributed by atoms with Crippen molar-refractivity contribution in [2.75, 3.05) is 19.6 Å². The highest BCUT2D eigenvalue weighted by Gasteiger charge is 2.12. The van der Waals surface area contributed by atoms with Gasteiger partial charge in [-0.2, -0.15) is 5.26 Å². The maximum Gasteiger partial charge on any atom is 0.0997 e. The summed E-state index contributed by atoms with van der Waals surface area (Å²) in [6.07, 6.45) is 4.47. The molecule has 1 heterocycles. The fourth-order valence-electron chi connectivity index (χ4n) is 2.25. The van der Waals surface area contributed by atoms with E-state index in [0.29, 0.717) is 0 Å². The SMILES string of the molecule is CCN1CCC(=Cc2ccccc2C#N)CC1. The smallest absolute Gasteiger partial charge is 0.0997 e. The summed E-state index contributed by atoms with van der Waals surface area (Å²) in [6, 6.07) is 10.1. The minimum absolute atomic E-state index is 0.776. The molecule has 2 heteroatoms. The van der Waals surface area contributed by atoms with Crippen LogP contribution in [-0.4, -0.2) is 24.5 Å². The maximum absolute atomic E-state index is 9.04. The van der Waals surface area contributed by atoms with Crippen LogP contribution in [0.15, 0.2) is 29.8 Å². The van der Waals surface area contributed by atoms with Crippen molar-refractivity contribution in [3.05, 3.63) is 41.0 Å². The summed E-state index contributed by atoms with van der Waals surface area (Å²) >= 11 is 0. The van der Waals surface area contributed by atoms with Crippen LogP contribution in [0.2, 0.25) is 0 Å². The van der Waals surface area contributed by atoms with E-state index in [1.807, 2.05) is 24.3 Å². The highest BCUT2D eigenvalue weighted by atomic mass is 15.1. The molecular formula is C15H18N2. The second kappa shape index (κ2) is 5.65. The first-order valence-corrected chi connectivity index (χ1v) is 6.24. The van der Waals surface area contributed by atoms with E-state index in [1.54, 1.807) is 0 Å². The fraction of sp³-hybridized carbons (Fsp3) is 0.400. The lowest BCUT2D eigenvalue weighted by molar-refractivity contribution is 0.270. The van der Waals surface area contributed by atoms with Crippen molar-refractivity contribution in [3.8, 4) is 6.07 Å². The summed E-state index contributed by atoms with van der Waals surface area (Å²) in [5, 5.41) is 9.04. The van der Waals surface area contributed by atoms with Gasteiger partial charge in [-0.05, 0) is 31.0 Å². The molecule has 17 heavy (non-hydrogen) atoms. The van der Waals surface area contributed by atoms with Crippen molar-refractivity contribution in [1.29, 1.82) is 5.26 Å². The van der Waals surface area contributed by atoms with Crippen molar-refractivity contribution in [3.63, 3.8) is 0 Å². The Balaban J connectivity index is 2.13. The van der Waals surface area contributed by atoms with E-state index < -0.39 is 0 Å². The van der Waals surface area contributed by atoms with E-state index in [-0.39, 0.29) is 0 Å². The molecule has 0 N–H and O–H groups in total. The molecule has 1 fully saturated rings. The molecule has 0 spiro atoms. The number of hydrogen-bond donors (Lipinski definition) is 0. The first-order valence-electron chi connectivity index (χ1n) is 6.24. The van der Waals surface area contributed by atoms with Gasteiger partial charge in [0.15, 0.2) is 0 Å². The van der Waals surface area contributed by atoms with Gasteiger partial charge in [0.25, 0.3) is 0 Å². The second-order valence-electron chi connectivity index (χ2n) is 4.44. The summed E-state index contributed by atoms with van der Waals surface area (Å²) in [4.78, 5) is 2.47. The Bertz CT molecular complexity index is 444. The zero-order chi connectivity index (χ0) is 12.1. The highest BCUT2D eigenvalue weighted by molar-refractivity contribution is 5.60. The molecule has 0 saturated carbocycles. The van der Waals surface area contributed by atoms with Crippen molar-refractivity contribution in [1.82, 2.24) is 4.90 Å². The lowest BCUT2D eigenvalue weighted by Crippen LogP contribution is -2.30. The van der Waals surface area contributed by atoms with Crippen LogP contribution in [0.1, 0.15) is 30.9 Å². The molecule has 0 radical (unpaired) electrons. The van der Waals surface area contributed by atoms with Gasteiger partial charge in [0.1, 0.15) is 0 Å². The van der Waals surface area contributed by atoms with Crippen LogP contribution in [0.3, 0.4) is 0 Å². The molecule has 1 aromatic rings. The maximum atomic E-state index is 9.04. The van der Waals surface area contributed by atoms with Crippen molar-refractivity contribution in [2.24, 2.45) is 0 Å². The first kappa shape index (κ1) is 11.9. The normalized spacial score (nSPS) is 16.6. The van der Waals surface area contributed by atoms with E-state index >= 15 is 0 Å². The lowest BCUT2D eigenvalue weighted by atomic mass is 9.99. The monoisotopic (exact) mass is 226 g/mol. The number of benzene rings is 1. The largest absolute Gasteiger partial charge is 0.303 e. The Morgan fingerprint density at radius 3 is 2.65 bits per heavy atom. The molecule has 0 aliphatic carbocycles. The standard InChI is InChI=1S/C15H18N2/c1-2-17-9-7-13(8-10-17)11-14-5-3-4-6-15(14)12-16/h3-6,11H,2,7-10H2,1H3. The van der Waals surface area contributed by atoms with E-state index in [9.17, 15) is 0 Å². The number of hydrogen-bond acceptors (Lipinski definition) is 2. The van der Waals surface area contributed by atoms with Gasteiger partial charge in [-0.25, -0.2) is 0 Å². The zero-order valence-electron chi connectivity index (χ0n) is 10.3. The number of piperidine rings is 1. The predicted molar refractivity (Wildman–Crippen MR) is 70.5 cm³/mol. The van der Waals surface area contributed by atoms with Gasteiger partial charge in [-0.3, -0.25) is 0 Å². The van der Waals surface area contributed by atoms with E-state index in [1.165, 1.54) is 5.57 Å². The summed E-state index contributed by atoms with van der Waals surface area (Å²) in [5.41, 5.74) is 3.31. The number of rotatable bonds is 2. The molecule has 0 bridgehead atoms. The van der Waals surface area contributed by atoms with Gasteiger partial charge in [0.05, 0.1) is 11.6 Å². The van der Waals surface area contributed by atoms with Crippen LogP contribution in [0, 0.1) is 11.3 Å². The van der Waals surface area contributed by atoms with E-state index in [2.05, 4.69) is 24.0 Å². The average molecular weight is 226 g/mol. The molecular weight excluding hydrogens is 208 g/mol. The van der Waals surface area contributed by atoms with Crippen LogP contribution in [0.4, 0.5) is 0 Å². The Morgan fingerprint density at radius 2 is 2.00 bits per heavy atom. The molecule has 2 nitrogen and oxygen atoms in total. The number of nitriles is 1. The van der Waals surface area contributed by atoms with Crippen LogP contribution in [-0.2, 0) is 0 Å². The predicted octanol–water partition coefficient (Wildman–Crippen LogP) is 3.06. The summed E-state index contributed by atoms with van der Waals surface area (Å²) in [7, 11) is 0. The van der Waals surface area contributed by atoms with E-state index in [0.717, 1.165) is 43.6 Å². The minimum Gasteiger partial charge on any atom is -0.303 e. The van der Waals surface area contributed by atoms with Crippen LogP contribution >= 0.6 is 0 Å². The van der Waals surface area contributed by atoms with Crippen molar-refractivity contribution >= 4 is 6.08 Å². The third kappa shape index (κ3) is 2.95. The highest BCUT2D eigenvalue weighted by Crippen LogP contribution is 2.20. The van der Waals surface area contributed by atoms with Gasteiger partial charge < -0.3 is 4.90 Å². The van der Waals surface area contributed by atoms with Crippen LogP contribution < -0.4 is 0 Å². The molecule has 1 saturated heterocycles. The topological polar surface area (TPSA) is 27.0 Å². The van der Waals surface area contributed by atoms with Gasteiger partial charge in [-0.15, -0.1) is 0 Å².